The maximum absolute atomic E-state index is 11.8. The molecule has 2 aliphatic heterocycles. The lowest BCUT2D eigenvalue weighted by atomic mass is 10.1. The maximum Gasteiger partial charge on any atom is 0.409 e. The fraction of sp³-hybridized carbons (Fsp3) is 0.706. The molecule has 0 radical (unpaired) electrons. The Labute approximate surface area is 143 Å². The predicted molar refractivity (Wildman–Crippen MR) is 93.5 cm³/mol. The molecule has 0 spiro atoms. The van der Waals surface area contributed by atoms with Crippen molar-refractivity contribution in [3.8, 4) is 0 Å². The highest BCUT2D eigenvalue weighted by Gasteiger charge is 2.24. The number of amides is 1. The van der Waals surface area contributed by atoms with Crippen LogP contribution in [0.2, 0.25) is 0 Å². The van der Waals surface area contributed by atoms with E-state index in [0.29, 0.717) is 31.7 Å². The number of piperidine rings is 1. The van der Waals surface area contributed by atoms with E-state index in [1.807, 2.05) is 13.8 Å². The Hall–Kier alpha value is -2.05. The highest BCUT2D eigenvalue weighted by Crippen LogP contribution is 2.21. The monoisotopic (exact) mass is 333 g/mol. The third-order valence-electron chi connectivity index (χ3n) is 4.62. The molecule has 0 aliphatic carbocycles. The lowest BCUT2D eigenvalue weighted by molar-refractivity contribution is 0.0983. The van der Waals surface area contributed by atoms with Gasteiger partial charge in [-0.3, -0.25) is 0 Å². The summed E-state index contributed by atoms with van der Waals surface area (Å²) in [5.41, 5.74) is 0.985. The van der Waals surface area contributed by atoms with Crippen molar-refractivity contribution in [1.82, 2.24) is 14.9 Å². The van der Waals surface area contributed by atoms with Crippen molar-refractivity contribution < 1.29 is 9.53 Å². The summed E-state index contributed by atoms with van der Waals surface area (Å²) in [6, 6.07) is 2.35. The summed E-state index contributed by atoms with van der Waals surface area (Å²) < 4.78 is 5.06. The molecular weight excluding hydrogens is 306 g/mol. The average molecular weight is 333 g/mol. The van der Waals surface area contributed by atoms with Gasteiger partial charge >= 0.3 is 6.09 Å². The fourth-order valence-electron chi connectivity index (χ4n) is 3.33. The van der Waals surface area contributed by atoms with Crippen LogP contribution in [0.4, 0.5) is 16.6 Å². The summed E-state index contributed by atoms with van der Waals surface area (Å²) in [6.45, 7) is 7.84. The highest BCUT2D eigenvalue weighted by molar-refractivity contribution is 5.67. The minimum absolute atomic E-state index is 0.209. The van der Waals surface area contributed by atoms with Crippen molar-refractivity contribution in [1.29, 1.82) is 0 Å². The van der Waals surface area contributed by atoms with Crippen LogP contribution in [0.3, 0.4) is 0 Å². The Bertz CT molecular complexity index is 566. The molecular formula is C17H27N5O2. The van der Waals surface area contributed by atoms with Gasteiger partial charge in [0.2, 0.25) is 5.95 Å². The number of nitrogens with one attached hydrogen (secondary N) is 1. The summed E-state index contributed by atoms with van der Waals surface area (Å²) in [5, 5.41) is 3.45. The van der Waals surface area contributed by atoms with Crippen LogP contribution in [0.1, 0.15) is 38.3 Å². The van der Waals surface area contributed by atoms with E-state index in [1.165, 1.54) is 12.8 Å². The summed E-state index contributed by atoms with van der Waals surface area (Å²) in [5.74, 6) is 1.72. The number of ether oxygens (including phenoxy) is 1. The predicted octanol–water partition coefficient (Wildman–Crippen LogP) is 2.42. The Morgan fingerprint density at radius 1 is 1.25 bits per heavy atom. The number of carbonyl (C=O) groups is 1. The second-order valence-electron chi connectivity index (χ2n) is 6.49. The molecule has 7 nitrogen and oxygen atoms in total. The standard InChI is InChI=1S/C17H27N5O2/c1-3-24-17(23)22-10-6-14(7-11-22)19-16-18-13(2)12-15(20-16)21-8-4-5-9-21/h12,14H,3-11H2,1-2H3,(H,18,19,20). The number of likely N-dealkylation sites (tertiary alicyclic amines) is 1. The number of anilines is 2. The van der Waals surface area contributed by atoms with Gasteiger partial charge in [0.15, 0.2) is 0 Å². The molecule has 2 fully saturated rings. The van der Waals surface area contributed by atoms with Gasteiger partial charge in [0.05, 0.1) is 6.61 Å². The average Bonchev–Trinajstić information content (AvgIpc) is 3.10. The molecule has 1 amide bonds. The number of hydrogen-bond donors (Lipinski definition) is 1. The molecule has 0 saturated carbocycles. The van der Waals surface area contributed by atoms with Crippen molar-refractivity contribution >= 4 is 17.9 Å². The molecule has 1 aromatic heterocycles. The van der Waals surface area contributed by atoms with E-state index in [4.69, 9.17) is 9.72 Å². The lowest BCUT2D eigenvalue weighted by Crippen LogP contribution is -2.42. The summed E-state index contributed by atoms with van der Waals surface area (Å²) in [6.07, 6.45) is 4.03. The third kappa shape index (κ3) is 4.07. The van der Waals surface area contributed by atoms with E-state index in [0.717, 1.165) is 37.4 Å². The van der Waals surface area contributed by atoms with Crippen LogP contribution >= 0.6 is 0 Å². The first-order valence-electron chi connectivity index (χ1n) is 8.94. The quantitative estimate of drug-likeness (QED) is 0.912. The highest BCUT2D eigenvalue weighted by atomic mass is 16.6. The molecule has 2 aliphatic rings. The number of hydrogen-bond acceptors (Lipinski definition) is 6. The van der Waals surface area contributed by atoms with Crippen molar-refractivity contribution in [2.45, 2.75) is 45.6 Å². The van der Waals surface area contributed by atoms with Gasteiger partial charge in [-0.2, -0.15) is 4.98 Å². The van der Waals surface area contributed by atoms with E-state index < -0.39 is 0 Å². The second-order valence-corrected chi connectivity index (χ2v) is 6.49. The Balaban J connectivity index is 1.58. The van der Waals surface area contributed by atoms with Crippen LogP contribution in [0.15, 0.2) is 6.07 Å². The summed E-state index contributed by atoms with van der Waals surface area (Å²) >= 11 is 0. The summed E-state index contributed by atoms with van der Waals surface area (Å²) in [4.78, 5) is 25.1. The Morgan fingerprint density at radius 2 is 1.96 bits per heavy atom. The van der Waals surface area contributed by atoms with Gasteiger partial charge < -0.3 is 19.9 Å². The number of aryl methyl sites for hydroxylation is 1. The van der Waals surface area contributed by atoms with E-state index in [-0.39, 0.29) is 6.09 Å². The molecule has 0 bridgehead atoms. The molecule has 0 unspecified atom stereocenters. The molecule has 1 aromatic rings. The van der Waals surface area contributed by atoms with Crippen LogP contribution in [0, 0.1) is 6.92 Å². The van der Waals surface area contributed by atoms with Crippen molar-refractivity contribution in [3.05, 3.63) is 11.8 Å². The summed E-state index contributed by atoms with van der Waals surface area (Å²) in [7, 11) is 0. The normalized spacial score (nSPS) is 18.8. The minimum Gasteiger partial charge on any atom is -0.450 e. The molecule has 3 heterocycles. The zero-order chi connectivity index (χ0) is 16.9. The largest absolute Gasteiger partial charge is 0.450 e. The zero-order valence-electron chi connectivity index (χ0n) is 14.6. The van der Waals surface area contributed by atoms with Crippen LogP contribution in [0.5, 0.6) is 0 Å². The number of nitrogens with zero attached hydrogens (tertiary/aromatic N) is 4. The van der Waals surface area contributed by atoms with Crippen molar-refractivity contribution in [3.63, 3.8) is 0 Å². The molecule has 24 heavy (non-hydrogen) atoms. The zero-order valence-corrected chi connectivity index (χ0v) is 14.6. The van der Waals surface area contributed by atoms with Crippen molar-refractivity contribution in [2.75, 3.05) is 43.0 Å². The molecule has 0 atom stereocenters. The lowest BCUT2D eigenvalue weighted by Gasteiger charge is -2.31. The first-order chi connectivity index (χ1) is 11.7. The topological polar surface area (TPSA) is 70.6 Å². The first kappa shape index (κ1) is 16.8. The van der Waals surface area contributed by atoms with Gasteiger partial charge in [0, 0.05) is 44.0 Å². The minimum atomic E-state index is -0.209. The van der Waals surface area contributed by atoms with Gasteiger partial charge in [-0.05, 0) is 39.5 Å². The molecule has 1 N–H and O–H groups in total. The van der Waals surface area contributed by atoms with E-state index >= 15 is 0 Å². The molecule has 132 valence electrons. The number of rotatable bonds is 4. The molecule has 7 heteroatoms. The van der Waals surface area contributed by atoms with Crippen LogP contribution in [-0.4, -0.2) is 59.8 Å². The third-order valence-corrected chi connectivity index (χ3v) is 4.62. The van der Waals surface area contributed by atoms with Crippen LogP contribution in [-0.2, 0) is 4.74 Å². The second kappa shape index (κ2) is 7.68. The Morgan fingerprint density at radius 3 is 2.62 bits per heavy atom. The van der Waals surface area contributed by atoms with Gasteiger partial charge in [0.1, 0.15) is 5.82 Å². The number of carbonyl (C=O) groups excluding carboxylic acids is 1. The van der Waals surface area contributed by atoms with Gasteiger partial charge in [-0.25, -0.2) is 9.78 Å². The van der Waals surface area contributed by atoms with E-state index in [1.54, 1.807) is 4.90 Å². The van der Waals surface area contributed by atoms with Gasteiger partial charge in [-0.1, -0.05) is 0 Å². The van der Waals surface area contributed by atoms with Crippen molar-refractivity contribution in [2.24, 2.45) is 0 Å². The number of aromatic nitrogens is 2. The smallest absolute Gasteiger partial charge is 0.409 e. The van der Waals surface area contributed by atoms with Gasteiger partial charge in [-0.15, -0.1) is 0 Å². The molecule has 2 saturated heterocycles. The molecule has 3 rings (SSSR count). The van der Waals surface area contributed by atoms with E-state index in [9.17, 15) is 4.79 Å². The first-order valence-corrected chi connectivity index (χ1v) is 8.94. The maximum atomic E-state index is 11.8. The van der Waals surface area contributed by atoms with Gasteiger partial charge in [0.25, 0.3) is 0 Å². The Kier molecular flexibility index (Phi) is 5.37. The van der Waals surface area contributed by atoms with E-state index in [2.05, 4.69) is 21.3 Å². The SMILES string of the molecule is CCOC(=O)N1CCC(Nc2nc(C)cc(N3CCCC3)n2)CC1. The van der Waals surface area contributed by atoms with Crippen LogP contribution in [0.25, 0.3) is 0 Å². The van der Waals surface area contributed by atoms with Crippen LogP contribution < -0.4 is 10.2 Å². The fourth-order valence-corrected chi connectivity index (χ4v) is 3.33. The molecule has 0 aromatic carbocycles.